The lowest BCUT2D eigenvalue weighted by atomic mass is 9.50. The number of fused-ring (bicyclic) bond motifs is 3. The Balaban J connectivity index is 0.000000225. The molecule has 3 atom stereocenters. The van der Waals surface area contributed by atoms with Crippen LogP contribution < -0.4 is 5.32 Å². The smallest absolute Gasteiger partial charge is 0.309 e. The highest BCUT2D eigenvalue weighted by Crippen LogP contribution is 2.57. The number of carbonyl (C=O) groups excluding carboxylic acids is 1. The number of amides is 1. The van der Waals surface area contributed by atoms with Crippen molar-refractivity contribution in [3.63, 3.8) is 0 Å². The molecule has 0 spiro atoms. The van der Waals surface area contributed by atoms with E-state index in [1.165, 1.54) is 16.7 Å². The second-order valence-electron chi connectivity index (χ2n) is 10.9. The van der Waals surface area contributed by atoms with Crippen molar-refractivity contribution in [3.05, 3.63) is 70.8 Å². The Bertz CT molecular complexity index is 1020. The second-order valence-corrected chi connectivity index (χ2v) is 11.2. The third-order valence-electron chi connectivity index (χ3n) is 8.19. The Morgan fingerprint density at radius 1 is 1.11 bits per heavy atom. The first-order valence-corrected chi connectivity index (χ1v) is 13.4. The number of halogens is 1. The summed E-state index contributed by atoms with van der Waals surface area (Å²) in [6.45, 7) is 9.33. The first kappa shape index (κ1) is 27.3. The van der Waals surface area contributed by atoms with Crippen molar-refractivity contribution in [2.45, 2.75) is 84.1 Å². The van der Waals surface area contributed by atoms with Gasteiger partial charge in [-0.3, -0.25) is 9.59 Å². The van der Waals surface area contributed by atoms with Crippen molar-refractivity contribution in [2.75, 3.05) is 5.88 Å². The summed E-state index contributed by atoms with van der Waals surface area (Å²) in [7, 11) is 0. The van der Waals surface area contributed by atoms with Gasteiger partial charge >= 0.3 is 5.97 Å². The number of aryl methyl sites for hydroxylation is 1. The van der Waals surface area contributed by atoms with Crippen LogP contribution in [0, 0.1) is 11.3 Å². The number of hydrogen-bond acceptors (Lipinski definition) is 2. The average molecular weight is 498 g/mol. The van der Waals surface area contributed by atoms with Gasteiger partial charge in [0, 0.05) is 18.8 Å². The number of aliphatic carboxylic acids is 1. The van der Waals surface area contributed by atoms with E-state index in [4.69, 9.17) is 11.6 Å². The van der Waals surface area contributed by atoms with Gasteiger partial charge in [-0.15, -0.1) is 11.6 Å². The van der Waals surface area contributed by atoms with Crippen LogP contribution in [0.4, 0.5) is 0 Å². The molecule has 35 heavy (non-hydrogen) atoms. The van der Waals surface area contributed by atoms with Crippen LogP contribution in [-0.2, 0) is 28.0 Å². The molecule has 2 aliphatic carbocycles. The van der Waals surface area contributed by atoms with Gasteiger partial charge in [0.1, 0.15) is 0 Å². The number of alkyl halides is 1. The molecule has 1 saturated carbocycles. The fraction of sp³-hybridized carbons (Fsp3) is 0.533. The topological polar surface area (TPSA) is 66.4 Å². The fourth-order valence-electron chi connectivity index (χ4n) is 6.10. The van der Waals surface area contributed by atoms with Crippen LogP contribution in [0.1, 0.15) is 88.0 Å². The van der Waals surface area contributed by atoms with Crippen molar-refractivity contribution in [1.29, 1.82) is 0 Å². The molecule has 1 amide bonds. The molecule has 2 aliphatic rings. The van der Waals surface area contributed by atoms with Crippen LogP contribution in [0.5, 0.6) is 0 Å². The summed E-state index contributed by atoms with van der Waals surface area (Å²) in [4.78, 5) is 22.9. The van der Waals surface area contributed by atoms with Crippen molar-refractivity contribution in [2.24, 2.45) is 11.3 Å². The maximum Gasteiger partial charge on any atom is 0.309 e. The van der Waals surface area contributed by atoms with E-state index in [-0.39, 0.29) is 17.2 Å². The van der Waals surface area contributed by atoms with Crippen LogP contribution >= 0.6 is 11.6 Å². The summed E-state index contributed by atoms with van der Waals surface area (Å²) >= 11 is 5.42. The lowest BCUT2D eigenvalue weighted by Gasteiger charge is -2.53. The van der Waals surface area contributed by atoms with Gasteiger partial charge in [0.15, 0.2) is 0 Å². The minimum Gasteiger partial charge on any atom is -0.481 e. The Morgan fingerprint density at radius 3 is 2.46 bits per heavy atom. The molecule has 2 N–H and O–H groups in total. The summed E-state index contributed by atoms with van der Waals surface area (Å²) < 4.78 is 0. The Morgan fingerprint density at radius 2 is 1.83 bits per heavy atom. The normalized spacial score (nSPS) is 25.0. The lowest BCUT2D eigenvalue weighted by Crippen LogP contribution is -2.52. The highest BCUT2D eigenvalue weighted by Gasteiger charge is 2.55. The molecule has 0 bridgehead atoms. The molecule has 0 saturated heterocycles. The highest BCUT2D eigenvalue weighted by molar-refractivity contribution is 6.18. The molecular weight excluding hydrogens is 458 g/mol. The van der Waals surface area contributed by atoms with Crippen LogP contribution in [0.25, 0.3) is 0 Å². The molecule has 4 rings (SSSR count). The van der Waals surface area contributed by atoms with Crippen molar-refractivity contribution < 1.29 is 14.7 Å². The molecule has 0 radical (unpaired) electrons. The van der Waals surface area contributed by atoms with Crippen LogP contribution in [0.15, 0.2) is 48.5 Å². The third kappa shape index (κ3) is 6.09. The molecule has 0 aliphatic heterocycles. The first-order chi connectivity index (χ1) is 16.6. The standard InChI is InChI=1S/C20H28O2.C10H12ClNO/c1-13(2)14-6-8-16-15(12-14)7-9-17-19(16,3)10-5-11-20(17,4)18(21)22;11-7-6-10(13)12-8-9-4-2-1-3-5-9/h6,8,12-13,17H,5,7,9-11H2,1-4H3,(H,21,22);1-5H,6-8H2,(H,12,13)/t17-,19-,20-;/m1./s1. The highest BCUT2D eigenvalue weighted by atomic mass is 35.5. The van der Waals surface area contributed by atoms with Crippen molar-refractivity contribution >= 4 is 23.5 Å². The van der Waals surface area contributed by atoms with Gasteiger partial charge in [-0.25, -0.2) is 0 Å². The predicted molar refractivity (Wildman–Crippen MR) is 143 cm³/mol. The van der Waals surface area contributed by atoms with Crippen LogP contribution in [-0.4, -0.2) is 22.9 Å². The maximum absolute atomic E-state index is 11.9. The number of hydrogen-bond donors (Lipinski definition) is 2. The predicted octanol–water partition coefficient (Wildman–Crippen LogP) is 6.84. The van der Waals surface area contributed by atoms with Gasteiger partial charge in [-0.2, -0.15) is 0 Å². The molecule has 5 heteroatoms. The van der Waals surface area contributed by atoms with E-state index in [2.05, 4.69) is 44.3 Å². The number of rotatable bonds is 6. The molecule has 0 aromatic heterocycles. The van der Waals surface area contributed by atoms with Gasteiger partial charge in [0.05, 0.1) is 5.41 Å². The van der Waals surface area contributed by atoms with Gasteiger partial charge in [0.25, 0.3) is 0 Å². The van der Waals surface area contributed by atoms with Gasteiger partial charge in [-0.05, 0) is 72.1 Å². The second kappa shape index (κ2) is 11.6. The van der Waals surface area contributed by atoms with E-state index in [1.807, 2.05) is 37.3 Å². The molecule has 2 aromatic rings. The van der Waals surface area contributed by atoms with E-state index in [0.29, 0.717) is 24.8 Å². The summed E-state index contributed by atoms with van der Waals surface area (Å²) in [5.74, 6) is 0.570. The molecular formula is C30H40ClNO3. The number of nitrogens with one attached hydrogen (secondary N) is 1. The van der Waals surface area contributed by atoms with Crippen molar-refractivity contribution in [1.82, 2.24) is 5.32 Å². The average Bonchev–Trinajstić information content (AvgIpc) is 2.83. The quantitative estimate of drug-likeness (QED) is 0.429. The number of carbonyl (C=O) groups is 2. The Labute approximate surface area is 215 Å². The van der Waals surface area contributed by atoms with Crippen LogP contribution in [0.3, 0.4) is 0 Å². The van der Waals surface area contributed by atoms with Gasteiger partial charge < -0.3 is 10.4 Å². The summed E-state index contributed by atoms with van der Waals surface area (Å²) in [5.41, 5.74) is 4.83. The van der Waals surface area contributed by atoms with E-state index in [1.54, 1.807) is 0 Å². The molecule has 2 aromatic carbocycles. The number of carboxylic acids is 1. The van der Waals surface area contributed by atoms with Gasteiger partial charge in [-0.1, -0.05) is 75.7 Å². The summed E-state index contributed by atoms with van der Waals surface area (Å²) in [6, 6.07) is 16.7. The SMILES string of the molecule is CC(C)c1ccc2c(c1)CC[C@H]1[C@](C)(C(=O)O)CCC[C@]21C.O=C(CCCl)NCc1ccccc1. The molecule has 1 fully saturated rings. The Hall–Kier alpha value is -2.33. The van der Waals surface area contributed by atoms with E-state index in [0.717, 1.165) is 37.7 Å². The zero-order chi connectivity index (χ0) is 25.6. The zero-order valence-electron chi connectivity index (χ0n) is 21.6. The number of carboxylic acid groups (broad SMARTS) is 1. The van der Waals surface area contributed by atoms with Gasteiger partial charge in [0.2, 0.25) is 5.91 Å². The minimum atomic E-state index is -0.606. The molecule has 4 nitrogen and oxygen atoms in total. The van der Waals surface area contributed by atoms with E-state index < -0.39 is 11.4 Å². The van der Waals surface area contributed by atoms with E-state index in [9.17, 15) is 14.7 Å². The zero-order valence-corrected chi connectivity index (χ0v) is 22.3. The van der Waals surface area contributed by atoms with Crippen molar-refractivity contribution in [3.8, 4) is 0 Å². The monoisotopic (exact) mass is 497 g/mol. The summed E-state index contributed by atoms with van der Waals surface area (Å²) in [5, 5.41) is 12.6. The lowest BCUT2D eigenvalue weighted by molar-refractivity contribution is -0.157. The first-order valence-electron chi connectivity index (χ1n) is 12.8. The Kier molecular flexibility index (Phi) is 9.04. The minimum absolute atomic E-state index is 0.00106. The fourth-order valence-corrected chi connectivity index (χ4v) is 6.27. The maximum atomic E-state index is 11.9. The molecule has 0 unspecified atom stereocenters. The molecule has 0 heterocycles. The molecule has 190 valence electrons. The number of benzene rings is 2. The summed E-state index contributed by atoms with van der Waals surface area (Å²) in [6.07, 6.45) is 5.37. The third-order valence-corrected chi connectivity index (χ3v) is 8.38. The largest absolute Gasteiger partial charge is 0.481 e. The van der Waals surface area contributed by atoms with E-state index >= 15 is 0 Å². The van der Waals surface area contributed by atoms with Crippen LogP contribution in [0.2, 0.25) is 0 Å².